The van der Waals surface area contributed by atoms with Gasteiger partial charge in [-0.25, -0.2) is 4.79 Å². The number of hydrogen-bond donors (Lipinski definition) is 1. The van der Waals surface area contributed by atoms with Crippen LogP contribution >= 0.6 is 0 Å². The van der Waals surface area contributed by atoms with Crippen LogP contribution in [0.1, 0.15) is 30.0 Å². The maximum atomic E-state index is 11.8. The molecule has 1 aromatic heterocycles. The zero-order valence-electron chi connectivity index (χ0n) is 13.1. The minimum atomic E-state index is -0.596. The Hall–Kier alpha value is -2.82. The van der Waals surface area contributed by atoms with E-state index < -0.39 is 5.97 Å². The molecule has 0 saturated heterocycles. The molecule has 1 aromatic carbocycles. The minimum Gasteiger partial charge on any atom is -0.462 e. The Balaban J connectivity index is 1.75. The molecule has 0 radical (unpaired) electrons. The molecule has 120 valence electrons. The second-order valence-corrected chi connectivity index (χ2v) is 5.09. The van der Waals surface area contributed by atoms with Gasteiger partial charge < -0.3 is 14.5 Å². The van der Waals surface area contributed by atoms with Crippen LogP contribution in [0.5, 0.6) is 0 Å². The summed E-state index contributed by atoms with van der Waals surface area (Å²) in [6.07, 6.45) is 2.73. The number of nitrogens with one attached hydrogen (secondary N) is 1. The number of aryl methyl sites for hydroxylation is 1. The molecule has 0 aliphatic heterocycles. The van der Waals surface area contributed by atoms with Crippen molar-refractivity contribution in [1.82, 2.24) is 5.32 Å². The summed E-state index contributed by atoms with van der Waals surface area (Å²) >= 11 is 0. The number of hydrogen-bond acceptors (Lipinski definition) is 4. The van der Waals surface area contributed by atoms with Gasteiger partial charge in [-0.05, 0) is 37.6 Å². The van der Waals surface area contributed by atoms with Gasteiger partial charge in [-0.15, -0.1) is 0 Å². The lowest BCUT2D eigenvalue weighted by Gasteiger charge is -2.13. The third-order valence-electron chi connectivity index (χ3n) is 3.17. The lowest BCUT2D eigenvalue weighted by molar-refractivity contribution is -0.144. The first kappa shape index (κ1) is 16.5. The summed E-state index contributed by atoms with van der Waals surface area (Å²) in [7, 11) is 0. The van der Waals surface area contributed by atoms with Crippen LogP contribution in [0.3, 0.4) is 0 Å². The molecule has 1 N–H and O–H groups in total. The van der Waals surface area contributed by atoms with Crippen LogP contribution in [0.4, 0.5) is 0 Å². The van der Waals surface area contributed by atoms with E-state index in [0.29, 0.717) is 5.76 Å². The van der Waals surface area contributed by atoms with E-state index in [2.05, 4.69) is 5.32 Å². The predicted molar refractivity (Wildman–Crippen MR) is 86.4 cm³/mol. The van der Waals surface area contributed by atoms with Crippen LogP contribution in [-0.2, 0) is 14.3 Å². The Kier molecular flexibility index (Phi) is 5.74. The predicted octanol–water partition coefficient (Wildman–Crippen LogP) is 3.02. The lowest BCUT2D eigenvalue weighted by Crippen LogP contribution is -2.30. The first-order valence-corrected chi connectivity index (χ1v) is 7.30. The van der Waals surface area contributed by atoms with Crippen molar-refractivity contribution in [3.05, 3.63) is 65.6 Å². The quantitative estimate of drug-likeness (QED) is 0.657. The normalized spacial score (nSPS) is 12.1. The molecule has 23 heavy (non-hydrogen) atoms. The molecule has 0 spiro atoms. The largest absolute Gasteiger partial charge is 0.462 e. The van der Waals surface area contributed by atoms with Crippen LogP contribution in [0, 0.1) is 6.92 Å². The van der Waals surface area contributed by atoms with Gasteiger partial charge in [0.25, 0.3) is 5.91 Å². The monoisotopic (exact) mass is 313 g/mol. The van der Waals surface area contributed by atoms with Gasteiger partial charge in [0.15, 0.2) is 6.61 Å². The van der Waals surface area contributed by atoms with Crippen molar-refractivity contribution in [3.63, 3.8) is 0 Å². The standard InChI is InChI=1S/C18H19NO4/c1-13-8-9-16(23-13)10-11-18(21)22-12-17(20)19-14(2)15-6-4-3-5-7-15/h3-11,14H,12H2,1-2H3,(H,19,20)/b11-10+. The van der Waals surface area contributed by atoms with E-state index in [0.717, 1.165) is 11.3 Å². The van der Waals surface area contributed by atoms with Gasteiger partial charge in [0.05, 0.1) is 6.04 Å². The molecule has 0 saturated carbocycles. The maximum absolute atomic E-state index is 11.8. The van der Waals surface area contributed by atoms with E-state index in [1.165, 1.54) is 12.2 Å². The third kappa shape index (κ3) is 5.47. The maximum Gasteiger partial charge on any atom is 0.331 e. The van der Waals surface area contributed by atoms with E-state index in [1.807, 2.05) is 44.2 Å². The molecular formula is C18H19NO4. The van der Waals surface area contributed by atoms with Crippen molar-refractivity contribution in [2.24, 2.45) is 0 Å². The Labute approximate surface area is 134 Å². The summed E-state index contributed by atoms with van der Waals surface area (Å²) in [6.45, 7) is 3.36. The molecule has 0 fully saturated rings. The lowest BCUT2D eigenvalue weighted by atomic mass is 10.1. The second-order valence-electron chi connectivity index (χ2n) is 5.09. The van der Waals surface area contributed by atoms with Crippen molar-refractivity contribution in [2.45, 2.75) is 19.9 Å². The summed E-state index contributed by atoms with van der Waals surface area (Å²) in [5.74, 6) is 0.368. The van der Waals surface area contributed by atoms with E-state index >= 15 is 0 Å². The highest BCUT2D eigenvalue weighted by molar-refractivity contribution is 5.89. The van der Waals surface area contributed by atoms with E-state index in [9.17, 15) is 9.59 Å². The number of amides is 1. The molecular weight excluding hydrogens is 294 g/mol. The smallest absolute Gasteiger partial charge is 0.331 e. The Morgan fingerprint density at radius 1 is 1.22 bits per heavy atom. The Bertz CT molecular complexity index is 688. The fourth-order valence-corrected chi connectivity index (χ4v) is 1.99. The molecule has 1 unspecified atom stereocenters. The summed E-state index contributed by atoms with van der Waals surface area (Å²) < 4.78 is 10.2. The minimum absolute atomic E-state index is 0.149. The SMILES string of the molecule is Cc1ccc(/C=C/C(=O)OCC(=O)NC(C)c2ccccc2)o1. The van der Waals surface area contributed by atoms with Gasteiger partial charge in [0.1, 0.15) is 11.5 Å². The van der Waals surface area contributed by atoms with Crippen molar-refractivity contribution in [2.75, 3.05) is 6.61 Å². The molecule has 2 rings (SSSR count). The topological polar surface area (TPSA) is 68.5 Å². The van der Waals surface area contributed by atoms with Gasteiger partial charge in [0.2, 0.25) is 0 Å². The van der Waals surface area contributed by atoms with Crippen LogP contribution in [-0.4, -0.2) is 18.5 Å². The van der Waals surface area contributed by atoms with Crippen LogP contribution in [0.25, 0.3) is 6.08 Å². The van der Waals surface area contributed by atoms with Crippen LogP contribution < -0.4 is 5.32 Å². The summed E-state index contributed by atoms with van der Waals surface area (Å²) in [5, 5.41) is 2.77. The number of carbonyl (C=O) groups excluding carboxylic acids is 2. The van der Waals surface area contributed by atoms with E-state index in [-0.39, 0.29) is 18.6 Å². The Morgan fingerprint density at radius 2 is 1.96 bits per heavy atom. The van der Waals surface area contributed by atoms with Crippen molar-refractivity contribution in [3.8, 4) is 0 Å². The average molecular weight is 313 g/mol. The summed E-state index contributed by atoms with van der Waals surface area (Å²) in [6, 6.07) is 12.9. The van der Waals surface area contributed by atoms with E-state index in [1.54, 1.807) is 12.1 Å². The number of rotatable bonds is 6. The highest BCUT2D eigenvalue weighted by Gasteiger charge is 2.10. The first-order valence-electron chi connectivity index (χ1n) is 7.30. The second kappa shape index (κ2) is 7.98. The molecule has 1 amide bonds. The van der Waals surface area contributed by atoms with Crippen LogP contribution in [0.2, 0.25) is 0 Å². The van der Waals surface area contributed by atoms with Gasteiger partial charge in [-0.3, -0.25) is 4.79 Å². The first-order chi connectivity index (χ1) is 11.0. The van der Waals surface area contributed by atoms with Crippen molar-refractivity contribution in [1.29, 1.82) is 0 Å². The molecule has 1 atom stereocenters. The fraction of sp³-hybridized carbons (Fsp3) is 0.222. The van der Waals surface area contributed by atoms with Gasteiger partial charge in [-0.1, -0.05) is 30.3 Å². The molecule has 5 heteroatoms. The molecule has 2 aromatic rings. The van der Waals surface area contributed by atoms with Crippen LogP contribution in [0.15, 0.2) is 53.0 Å². The number of esters is 1. The fourth-order valence-electron chi connectivity index (χ4n) is 1.99. The molecule has 1 heterocycles. The Morgan fingerprint density at radius 3 is 2.61 bits per heavy atom. The molecule has 0 aliphatic carbocycles. The number of ether oxygens (including phenoxy) is 1. The number of carbonyl (C=O) groups is 2. The van der Waals surface area contributed by atoms with E-state index in [4.69, 9.17) is 9.15 Å². The van der Waals surface area contributed by atoms with Crippen molar-refractivity contribution >= 4 is 18.0 Å². The highest BCUT2D eigenvalue weighted by atomic mass is 16.5. The van der Waals surface area contributed by atoms with Gasteiger partial charge in [-0.2, -0.15) is 0 Å². The highest BCUT2D eigenvalue weighted by Crippen LogP contribution is 2.11. The molecule has 5 nitrogen and oxygen atoms in total. The van der Waals surface area contributed by atoms with Crippen molar-refractivity contribution < 1.29 is 18.7 Å². The summed E-state index contributed by atoms with van der Waals surface area (Å²) in [4.78, 5) is 23.3. The zero-order chi connectivity index (χ0) is 16.7. The zero-order valence-corrected chi connectivity index (χ0v) is 13.1. The number of benzene rings is 1. The molecule has 0 bridgehead atoms. The summed E-state index contributed by atoms with van der Waals surface area (Å²) in [5.41, 5.74) is 0.986. The average Bonchev–Trinajstić information content (AvgIpc) is 2.97. The van der Waals surface area contributed by atoms with Gasteiger partial charge >= 0.3 is 5.97 Å². The third-order valence-corrected chi connectivity index (χ3v) is 3.17. The van der Waals surface area contributed by atoms with Gasteiger partial charge in [0, 0.05) is 6.08 Å². The number of furan rings is 1. The molecule has 0 aliphatic rings.